The molecule has 4 nitrogen and oxygen atoms in total. The summed E-state index contributed by atoms with van der Waals surface area (Å²) in [6.07, 6.45) is 3.88. The molecule has 1 unspecified atom stereocenters. The lowest BCUT2D eigenvalue weighted by atomic mass is 10.00. The third-order valence-electron chi connectivity index (χ3n) is 3.73. The summed E-state index contributed by atoms with van der Waals surface area (Å²) in [7, 11) is 0. The number of nitrogens with zero attached hydrogens (tertiary/aromatic N) is 1. The maximum Gasteiger partial charge on any atom is 0.313 e. The van der Waals surface area contributed by atoms with Crippen molar-refractivity contribution in [1.82, 2.24) is 4.90 Å². The van der Waals surface area contributed by atoms with Crippen LogP contribution in [-0.2, 0) is 9.59 Å². The Morgan fingerprint density at radius 3 is 2.71 bits per heavy atom. The molecule has 1 aliphatic heterocycles. The summed E-state index contributed by atoms with van der Waals surface area (Å²) in [5, 5.41) is 3.32. The molecule has 1 aliphatic rings. The van der Waals surface area contributed by atoms with E-state index in [2.05, 4.69) is 5.32 Å². The van der Waals surface area contributed by atoms with Gasteiger partial charge in [-0.15, -0.1) is 0 Å². The van der Waals surface area contributed by atoms with E-state index in [1.54, 1.807) is 17.0 Å². The number of rotatable bonds is 2. The van der Waals surface area contributed by atoms with Gasteiger partial charge >= 0.3 is 11.8 Å². The molecule has 0 bridgehead atoms. The lowest BCUT2D eigenvalue weighted by molar-refractivity contribution is -0.145. The molecule has 0 aliphatic carbocycles. The molecule has 2 rings (SSSR count). The molecule has 21 heavy (non-hydrogen) atoms. The van der Waals surface area contributed by atoms with Crippen molar-refractivity contribution in [2.24, 2.45) is 0 Å². The van der Waals surface area contributed by atoms with E-state index in [1.807, 2.05) is 6.92 Å². The van der Waals surface area contributed by atoms with E-state index >= 15 is 0 Å². The largest absolute Gasteiger partial charge is 0.331 e. The van der Waals surface area contributed by atoms with E-state index in [0.29, 0.717) is 22.3 Å². The van der Waals surface area contributed by atoms with Gasteiger partial charge in [-0.05, 0) is 43.9 Å². The first-order chi connectivity index (χ1) is 10.0. The van der Waals surface area contributed by atoms with Crippen LogP contribution >= 0.6 is 23.2 Å². The van der Waals surface area contributed by atoms with Crippen LogP contribution in [0.25, 0.3) is 0 Å². The van der Waals surface area contributed by atoms with Gasteiger partial charge in [0.05, 0.1) is 10.0 Å². The molecule has 6 heteroatoms. The van der Waals surface area contributed by atoms with Crippen LogP contribution in [0.2, 0.25) is 10.0 Å². The Hall–Kier alpha value is -1.26. The average molecular weight is 329 g/mol. The third kappa shape index (κ3) is 3.89. The van der Waals surface area contributed by atoms with E-state index in [-0.39, 0.29) is 6.04 Å². The van der Waals surface area contributed by atoms with Crippen molar-refractivity contribution in [2.75, 3.05) is 11.9 Å². The molecule has 0 aromatic heterocycles. The van der Waals surface area contributed by atoms with Crippen molar-refractivity contribution >= 4 is 40.7 Å². The molecule has 2 amide bonds. The summed E-state index contributed by atoms with van der Waals surface area (Å²) < 4.78 is 0. The first-order valence-corrected chi connectivity index (χ1v) is 7.85. The SMILES string of the molecule is CCC1CCCCN1C(=O)C(=O)Nc1ccc(Cl)c(Cl)c1. The molecule has 0 saturated carbocycles. The van der Waals surface area contributed by atoms with Crippen LogP contribution in [-0.4, -0.2) is 29.3 Å². The highest BCUT2D eigenvalue weighted by Crippen LogP contribution is 2.25. The van der Waals surface area contributed by atoms with Crippen molar-refractivity contribution in [3.8, 4) is 0 Å². The number of anilines is 1. The number of halogens is 2. The highest BCUT2D eigenvalue weighted by atomic mass is 35.5. The zero-order chi connectivity index (χ0) is 15.4. The molecule has 1 fully saturated rings. The first kappa shape index (κ1) is 16.1. The van der Waals surface area contributed by atoms with Gasteiger partial charge in [0.25, 0.3) is 0 Å². The molecule has 1 N–H and O–H groups in total. The highest BCUT2D eigenvalue weighted by molar-refractivity contribution is 6.42. The summed E-state index contributed by atoms with van der Waals surface area (Å²) >= 11 is 11.7. The average Bonchev–Trinajstić information content (AvgIpc) is 2.50. The normalized spacial score (nSPS) is 18.4. The Bertz CT molecular complexity index is 548. The fraction of sp³-hybridized carbons (Fsp3) is 0.467. The van der Waals surface area contributed by atoms with Gasteiger partial charge in [-0.1, -0.05) is 30.1 Å². The molecule has 1 atom stereocenters. The van der Waals surface area contributed by atoms with E-state index in [4.69, 9.17) is 23.2 Å². The maximum atomic E-state index is 12.3. The van der Waals surface area contributed by atoms with Gasteiger partial charge in [0.2, 0.25) is 0 Å². The number of hydrogen-bond acceptors (Lipinski definition) is 2. The van der Waals surface area contributed by atoms with Gasteiger partial charge in [-0.2, -0.15) is 0 Å². The van der Waals surface area contributed by atoms with Crippen LogP contribution in [0.15, 0.2) is 18.2 Å². The number of piperidine rings is 1. The Kier molecular flexibility index (Phi) is 5.48. The van der Waals surface area contributed by atoms with Crippen LogP contribution in [0.4, 0.5) is 5.69 Å². The minimum atomic E-state index is -0.631. The Morgan fingerprint density at radius 2 is 2.05 bits per heavy atom. The number of likely N-dealkylation sites (tertiary alicyclic amines) is 1. The summed E-state index contributed by atoms with van der Waals surface area (Å²) in [5.74, 6) is -1.11. The fourth-order valence-corrected chi connectivity index (χ4v) is 2.88. The van der Waals surface area contributed by atoms with Gasteiger partial charge in [0.15, 0.2) is 0 Å². The zero-order valence-electron chi connectivity index (χ0n) is 11.9. The number of carbonyl (C=O) groups is 2. The fourth-order valence-electron chi connectivity index (χ4n) is 2.58. The maximum absolute atomic E-state index is 12.3. The smallest absolute Gasteiger partial charge is 0.313 e. The Morgan fingerprint density at radius 1 is 1.29 bits per heavy atom. The zero-order valence-corrected chi connectivity index (χ0v) is 13.4. The third-order valence-corrected chi connectivity index (χ3v) is 4.47. The quantitative estimate of drug-likeness (QED) is 0.841. The standard InChI is InChI=1S/C15H18Cl2N2O2/c1-2-11-5-3-4-8-19(11)15(21)14(20)18-10-6-7-12(16)13(17)9-10/h6-7,9,11H,2-5,8H2,1H3,(H,18,20). The number of benzene rings is 1. The monoisotopic (exact) mass is 328 g/mol. The van der Waals surface area contributed by atoms with Crippen molar-refractivity contribution in [3.63, 3.8) is 0 Å². The second-order valence-corrected chi connectivity index (χ2v) is 5.95. The molecule has 0 radical (unpaired) electrons. The number of amides is 2. The Balaban J connectivity index is 2.04. The molecule has 1 saturated heterocycles. The van der Waals surface area contributed by atoms with Crippen molar-refractivity contribution < 1.29 is 9.59 Å². The van der Waals surface area contributed by atoms with E-state index in [9.17, 15) is 9.59 Å². The number of hydrogen-bond donors (Lipinski definition) is 1. The minimum absolute atomic E-state index is 0.158. The summed E-state index contributed by atoms with van der Waals surface area (Å²) in [6, 6.07) is 4.89. The van der Waals surface area contributed by atoms with E-state index < -0.39 is 11.8 Å². The van der Waals surface area contributed by atoms with Gasteiger partial charge in [0.1, 0.15) is 0 Å². The lowest BCUT2D eigenvalue weighted by Gasteiger charge is -2.34. The van der Waals surface area contributed by atoms with Gasteiger partial charge < -0.3 is 10.2 Å². The molecule has 1 heterocycles. The van der Waals surface area contributed by atoms with Crippen LogP contribution in [0.5, 0.6) is 0 Å². The summed E-state index contributed by atoms with van der Waals surface area (Å²) in [4.78, 5) is 26.0. The van der Waals surface area contributed by atoms with Crippen LogP contribution in [0, 0.1) is 0 Å². The second kappa shape index (κ2) is 7.14. The predicted octanol–water partition coefficient (Wildman–Crippen LogP) is 3.72. The molecule has 0 spiro atoms. The molecule has 1 aromatic carbocycles. The number of nitrogens with one attached hydrogen (secondary N) is 1. The molecule has 1 aromatic rings. The van der Waals surface area contributed by atoms with Crippen molar-refractivity contribution in [1.29, 1.82) is 0 Å². The molecular weight excluding hydrogens is 311 g/mol. The Labute approximate surface area is 134 Å². The van der Waals surface area contributed by atoms with Crippen LogP contribution < -0.4 is 5.32 Å². The number of carbonyl (C=O) groups excluding carboxylic acids is 2. The van der Waals surface area contributed by atoms with Crippen LogP contribution in [0.1, 0.15) is 32.6 Å². The van der Waals surface area contributed by atoms with E-state index in [1.165, 1.54) is 6.07 Å². The predicted molar refractivity (Wildman–Crippen MR) is 84.7 cm³/mol. The summed E-state index contributed by atoms with van der Waals surface area (Å²) in [5.41, 5.74) is 0.466. The highest BCUT2D eigenvalue weighted by Gasteiger charge is 2.29. The topological polar surface area (TPSA) is 49.4 Å². The minimum Gasteiger partial charge on any atom is -0.331 e. The lowest BCUT2D eigenvalue weighted by Crippen LogP contribution is -2.48. The van der Waals surface area contributed by atoms with Crippen molar-refractivity contribution in [3.05, 3.63) is 28.2 Å². The molecule has 114 valence electrons. The summed E-state index contributed by atoms with van der Waals surface area (Å²) in [6.45, 7) is 2.68. The second-order valence-electron chi connectivity index (χ2n) is 5.14. The first-order valence-electron chi connectivity index (χ1n) is 7.10. The van der Waals surface area contributed by atoms with Gasteiger partial charge in [-0.25, -0.2) is 0 Å². The van der Waals surface area contributed by atoms with Crippen LogP contribution in [0.3, 0.4) is 0 Å². The van der Waals surface area contributed by atoms with Gasteiger partial charge in [0, 0.05) is 18.3 Å². The van der Waals surface area contributed by atoms with Gasteiger partial charge in [-0.3, -0.25) is 9.59 Å². The van der Waals surface area contributed by atoms with Crippen molar-refractivity contribution in [2.45, 2.75) is 38.6 Å². The van der Waals surface area contributed by atoms with E-state index in [0.717, 1.165) is 25.7 Å². The molecular formula is C15H18Cl2N2O2.